The van der Waals surface area contributed by atoms with Gasteiger partial charge in [-0.3, -0.25) is 0 Å². The van der Waals surface area contributed by atoms with E-state index in [0.717, 1.165) is 17.2 Å². The Kier molecular flexibility index (Phi) is 4.23. The number of anilines is 1. The van der Waals surface area contributed by atoms with Crippen molar-refractivity contribution in [3.63, 3.8) is 0 Å². The van der Waals surface area contributed by atoms with Gasteiger partial charge < -0.3 is 19.5 Å². The van der Waals surface area contributed by atoms with Gasteiger partial charge >= 0.3 is 0 Å². The molecule has 0 saturated heterocycles. The van der Waals surface area contributed by atoms with Crippen molar-refractivity contribution in [3.8, 4) is 11.5 Å². The summed E-state index contributed by atoms with van der Waals surface area (Å²) < 4.78 is 10.5. The van der Waals surface area contributed by atoms with E-state index in [9.17, 15) is 5.11 Å². The maximum Gasteiger partial charge on any atom is 0.142 e. The number of benzene rings is 1. The largest absolute Gasteiger partial charge is 0.497 e. The second-order valence-electron chi connectivity index (χ2n) is 4.57. The molecule has 0 saturated carbocycles. The van der Waals surface area contributed by atoms with E-state index in [1.807, 2.05) is 44.0 Å². The Balaban J connectivity index is 3.18. The van der Waals surface area contributed by atoms with Crippen molar-refractivity contribution >= 4 is 5.69 Å². The number of ether oxygens (including phenoxy) is 2. The third-order valence-corrected chi connectivity index (χ3v) is 3.04. The summed E-state index contributed by atoms with van der Waals surface area (Å²) >= 11 is 0. The van der Waals surface area contributed by atoms with Crippen LogP contribution in [0, 0.1) is 0 Å². The first-order valence-corrected chi connectivity index (χ1v) is 5.53. The van der Waals surface area contributed by atoms with E-state index in [1.165, 1.54) is 0 Å². The topological polar surface area (TPSA) is 41.9 Å². The van der Waals surface area contributed by atoms with Crippen LogP contribution in [0.15, 0.2) is 18.2 Å². The molecule has 0 spiro atoms. The Labute approximate surface area is 103 Å². The molecule has 0 aliphatic carbocycles. The molecule has 0 bridgehead atoms. The highest BCUT2D eigenvalue weighted by atomic mass is 16.5. The molecule has 0 atom stereocenters. The molecular weight excluding hydrogens is 218 g/mol. The molecule has 0 amide bonds. The highest BCUT2D eigenvalue weighted by Gasteiger charge is 2.25. The number of nitrogens with zero attached hydrogens (tertiary/aromatic N) is 1. The van der Waals surface area contributed by atoms with Gasteiger partial charge in [0.05, 0.1) is 32.1 Å². The van der Waals surface area contributed by atoms with Crippen LogP contribution in [-0.2, 0) is 0 Å². The highest BCUT2D eigenvalue weighted by molar-refractivity contribution is 5.62. The number of hydrogen-bond acceptors (Lipinski definition) is 4. The third-order valence-electron chi connectivity index (χ3n) is 3.04. The van der Waals surface area contributed by atoms with Crippen molar-refractivity contribution in [3.05, 3.63) is 18.2 Å². The molecule has 17 heavy (non-hydrogen) atoms. The minimum Gasteiger partial charge on any atom is -0.497 e. The van der Waals surface area contributed by atoms with Crippen LogP contribution < -0.4 is 14.4 Å². The summed E-state index contributed by atoms with van der Waals surface area (Å²) in [5.41, 5.74) is 0.533. The van der Waals surface area contributed by atoms with Crippen LogP contribution >= 0.6 is 0 Å². The van der Waals surface area contributed by atoms with Crippen LogP contribution in [0.4, 0.5) is 5.69 Å². The SMILES string of the molecule is COc1ccc(OC)c(N(C)C(C)(C)CO)c1. The van der Waals surface area contributed by atoms with Crippen molar-refractivity contribution in [1.82, 2.24) is 0 Å². The Morgan fingerprint density at radius 1 is 1.24 bits per heavy atom. The molecule has 1 aromatic rings. The predicted octanol–water partition coefficient (Wildman–Crippen LogP) is 1.91. The number of likely N-dealkylation sites (N-methyl/N-ethyl adjacent to an activating group) is 1. The minimum atomic E-state index is -0.361. The van der Waals surface area contributed by atoms with Gasteiger partial charge in [-0.1, -0.05) is 0 Å². The third kappa shape index (κ3) is 2.82. The van der Waals surface area contributed by atoms with Crippen molar-refractivity contribution in [1.29, 1.82) is 0 Å². The maximum absolute atomic E-state index is 9.40. The van der Waals surface area contributed by atoms with E-state index in [0.29, 0.717) is 0 Å². The van der Waals surface area contributed by atoms with E-state index in [4.69, 9.17) is 9.47 Å². The molecular formula is C13H21NO3. The molecule has 0 radical (unpaired) electrons. The molecule has 4 nitrogen and oxygen atoms in total. The Bertz CT molecular complexity index is 377. The molecule has 0 aliphatic rings. The summed E-state index contributed by atoms with van der Waals surface area (Å²) in [6, 6.07) is 5.61. The highest BCUT2D eigenvalue weighted by Crippen LogP contribution is 2.34. The van der Waals surface area contributed by atoms with Crippen LogP contribution in [0.3, 0.4) is 0 Å². The molecule has 0 unspecified atom stereocenters. The van der Waals surface area contributed by atoms with E-state index in [1.54, 1.807) is 14.2 Å². The van der Waals surface area contributed by atoms with Crippen molar-refractivity contribution in [2.45, 2.75) is 19.4 Å². The summed E-state index contributed by atoms with van der Waals surface area (Å²) in [5, 5.41) is 9.40. The fourth-order valence-electron chi connectivity index (χ4n) is 1.49. The zero-order valence-electron chi connectivity index (χ0n) is 11.2. The first-order chi connectivity index (χ1) is 7.96. The smallest absolute Gasteiger partial charge is 0.142 e. The number of hydrogen-bond donors (Lipinski definition) is 1. The summed E-state index contributed by atoms with van der Waals surface area (Å²) in [5.74, 6) is 1.52. The normalized spacial score (nSPS) is 11.2. The quantitative estimate of drug-likeness (QED) is 0.852. The first kappa shape index (κ1) is 13.6. The fourth-order valence-corrected chi connectivity index (χ4v) is 1.49. The van der Waals surface area contributed by atoms with E-state index < -0.39 is 0 Å². The first-order valence-electron chi connectivity index (χ1n) is 5.53. The van der Waals surface area contributed by atoms with Gasteiger partial charge in [0, 0.05) is 13.1 Å². The van der Waals surface area contributed by atoms with Gasteiger partial charge in [0.1, 0.15) is 11.5 Å². The van der Waals surface area contributed by atoms with E-state index in [-0.39, 0.29) is 12.1 Å². The summed E-state index contributed by atoms with van der Waals surface area (Å²) in [6.45, 7) is 3.99. The minimum absolute atomic E-state index is 0.0594. The summed E-state index contributed by atoms with van der Waals surface area (Å²) in [6.07, 6.45) is 0. The lowest BCUT2D eigenvalue weighted by molar-refractivity contribution is 0.215. The standard InChI is InChI=1S/C13H21NO3/c1-13(2,9-15)14(3)11-8-10(16-4)6-7-12(11)17-5/h6-8,15H,9H2,1-5H3. The van der Waals surface area contributed by atoms with Crippen LogP contribution in [0.5, 0.6) is 11.5 Å². The number of aliphatic hydroxyl groups excluding tert-OH is 1. The lowest BCUT2D eigenvalue weighted by atomic mass is 10.0. The molecule has 4 heteroatoms. The van der Waals surface area contributed by atoms with Crippen molar-refractivity contribution in [2.24, 2.45) is 0 Å². The molecule has 96 valence electrons. The molecule has 1 N–H and O–H groups in total. The number of aliphatic hydroxyl groups is 1. The molecule has 0 aliphatic heterocycles. The molecule has 1 aromatic carbocycles. The Hall–Kier alpha value is -1.42. The summed E-state index contributed by atoms with van der Waals surface area (Å²) in [7, 11) is 5.18. The van der Waals surface area contributed by atoms with Crippen LogP contribution in [-0.4, -0.2) is 38.5 Å². The van der Waals surface area contributed by atoms with Crippen LogP contribution in [0.2, 0.25) is 0 Å². The van der Waals surface area contributed by atoms with Gasteiger partial charge in [0.15, 0.2) is 0 Å². The molecule has 0 fully saturated rings. The number of methoxy groups -OCH3 is 2. The fraction of sp³-hybridized carbons (Fsp3) is 0.538. The van der Waals surface area contributed by atoms with Gasteiger partial charge in [0.25, 0.3) is 0 Å². The van der Waals surface area contributed by atoms with Crippen molar-refractivity contribution in [2.75, 3.05) is 32.8 Å². The average Bonchev–Trinajstić information content (AvgIpc) is 2.36. The van der Waals surface area contributed by atoms with Crippen LogP contribution in [0.25, 0.3) is 0 Å². The van der Waals surface area contributed by atoms with Gasteiger partial charge in [0.2, 0.25) is 0 Å². The van der Waals surface area contributed by atoms with Gasteiger partial charge in [-0.05, 0) is 26.0 Å². The lowest BCUT2D eigenvalue weighted by Gasteiger charge is -2.36. The number of rotatable bonds is 5. The van der Waals surface area contributed by atoms with E-state index in [2.05, 4.69) is 0 Å². The molecule has 0 heterocycles. The van der Waals surface area contributed by atoms with Crippen molar-refractivity contribution < 1.29 is 14.6 Å². The second-order valence-corrected chi connectivity index (χ2v) is 4.57. The van der Waals surface area contributed by atoms with Gasteiger partial charge in [-0.25, -0.2) is 0 Å². The van der Waals surface area contributed by atoms with Crippen LogP contribution in [0.1, 0.15) is 13.8 Å². The lowest BCUT2D eigenvalue weighted by Crippen LogP contribution is -2.44. The summed E-state index contributed by atoms with van der Waals surface area (Å²) in [4.78, 5) is 1.98. The maximum atomic E-state index is 9.40. The van der Waals surface area contributed by atoms with E-state index >= 15 is 0 Å². The zero-order valence-corrected chi connectivity index (χ0v) is 11.2. The second kappa shape index (κ2) is 5.27. The molecule has 1 rings (SSSR count). The van der Waals surface area contributed by atoms with Gasteiger partial charge in [-0.15, -0.1) is 0 Å². The van der Waals surface area contributed by atoms with Gasteiger partial charge in [-0.2, -0.15) is 0 Å². The zero-order chi connectivity index (χ0) is 13.1. The monoisotopic (exact) mass is 239 g/mol. The Morgan fingerprint density at radius 3 is 2.35 bits per heavy atom. The predicted molar refractivity (Wildman–Crippen MR) is 69.1 cm³/mol. The molecule has 0 aromatic heterocycles. The Morgan fingerprint density at radius 2 is 1.88 bits per heavy atom. The average molecular weight is 239 g/mol.